The molecule has 36 heavy (non-hydrogen) atoms. The maximum absolute atomic E-state index is 14.5. The summed E-state index contributed by atoms with van der Waals surface area (Å²) in [4.78, 5) is 12.7. The summed E-state index contributed by atoms with van der Waals surface area (Å²) < 4.78 is 52.6. The molecule has 0 radical (unpaired) electrons. The Hall–Kier alpha value is -3.47. The molecule has 0 aliphatic carbocycles. The van der Waals surface area contributed by atoms with Gasteiger partial charge in [-0.05, 0) is 43.3 Å². The summed E-state index contributed by atoms with van der Waals surface area (Å²) in [6.45, 7) is 0.728. The topological polar surface area (TPSA) is 97.3 Å². The molecule has 1 N–H and O–H groups in total. The van der Waals surface area contributed by atoms with E-state index in [2.05, 4.69) is 10.5 Å². The Morgan fingerprint density at radius 1 is 1.08 bits per heavy atom. The van der Waals surface area contributed by atoms with Crippen LogP contribution in [0.4, 0.5) is 4.39 Å². The van der Waals surface area contributed by atoms with Crippen molar-refractivity contribution in [3.8, 4) is 11.5 Å². The average Bonchev–Trinajstić information content (AvgIpc) is 2.85. The van der Waals surface area contributed by atoms with Crippen LogP contribution in [0.3, 0.4) is 0 Å². The number of para-hydroxylation sites is 1. The van der Waals surface area contributed by atoms with Crippen LogP contribution in [0.25, 0.3) is 0 Å². The molecule has 0 aromatic heterocycles. The minimum atomic E-state index is -4.18. The zero-order chi connectivity index (χ0) is 26.3. The van der Waals surface area contributed by atoms with Crippen LogP contribution < -0.4 is 14.9 Å². The third kappa shape index (κ3) is 6.39. The van der Waals surface area contributed by atoms with Crippen LogP contribution >= 0.6 is 11.6 Å². The Morgan fingerprint density at radius 2 is 1.78 bits per heavy atom. The third-order valence-electron chi connectivity index (χ3n) is 5.20. The molecule has 0 fully saturated rings. The van der Waals surface area contributed by atoms with E-state index in [0.717, 1.165) is 9.87 Å². The van der Waals surface area contributed by atoms with Gasteiger partial charge in [-0.2, -0.15) is 9.41 Å². The highest BCUT2D eigenvalue weighted by atomic mass is 35.5. The van der Waals surface area contributed by atoms with Crippen molar-refractivity contribution in [2.45, 2.75) is 18.4 Å². The molecule has 0 aliphatic rings. The van der Waals surface area contributed by atoms with Gasteiger partial charge in [-0.25, -0.2) is 18.2 Å². The molecular weight excluding hydrogens is 509 g/mol. The molecule has 0 spiro atoms. The van der Waals surface area contributed by atoms with Gasteiger partial charge in [0.05, 0.1) is 31.9 Å². The lowest BCUT2D eigenvalue weighted by Crippen LogP contribution is -2.39. The number of nitrogens with zero attached hydrogens (tertiary/aromatic N) is 2. The largest absolute Gasteiger partial charge is 0.493 e. The van der Waals surface area contributed by atoms with Gasteiger partial charge in [-0.15, -0.1) is 0 Å². The smallest absolute Gasteiger partial charge is 0.255 e. The molecule has 3 aromatic carbocycles. The first-order valence-corrected chi connectivity index (χ1v) is 12.5. The molecule has 0 bridgehead atoms. The zero-order valence-corrected chi connectivity index (χ0v) is 21.4. The van der Waals surface area contributed by atoms with E-state index >= 15 is 0 Å². The van der Waals surface area contributed by atoms with E-state index in [1.807, 2.05) is 6.92 Å². The Kier molecular flexibility index (Phi) is 9.03. The van der Waals surface area contributed by atoms with Crippen LogP contribution in [-0.2, 0) is 21.4 Å². The fourth-order valence-electron chi connectivity index (χ4n) is 3.33. The molecule has 0 heterocycles. The summed E-state index contributed by atoms with van der Waals surface area (Å²) in [5.41, 5.74) is 3.64. The number of methoxy groups -OCH3 is 2. The Morgan fingerprint density at radius 3 is 2.42 bits per heavy atom. The summed E-state index contributed by atoms with van der Waals surface area (Å²) in [6.07, 6.45) is 1.34. The molecule has 0 saturated carbocycles. The van der Waals surface area contributed by atoms with E-state index in [1.54, 1.807) is 30.3 Å². The predicted octanol–water partition coefficient (Wildman–Crippen LogP) is 4.15. The molecule has 0 unspecified atom stereocenters. The molecule has 0 atom stereocenters. The van der Waals surface area contributed by atoms with Crippen LogP contribution in [0.1, 0.15) is 16.7 Å². The number of hydrogen-bond acceptors (Lipinski definition) is 6. The number of nitrogens with one attached hydrogen (secondary N) is 1. The number of carbonyl (C=O) groups is 1. The van der Waals surface area contributed by atoms with Gasteiger partial charge in [0, 0.05) is 22.7 Å². The Balaban J connectivity index is 1.85. The van der Waals surface area contributed by atoms with Gasteiger partial charge in [-0.3, -0.25) is 4.79 Å². The molecule has 0 aliphatic heterocycles. The van der Waals surface area contributed by atoms with Crippen LogP contribution in [0.15, 0.2) is 70.7 Å². The first-order chi connectivity index (χ1) is 17.2. The summed E-state index contributed by atoms with van der Waals surface area (Å²) in [6, 6.07) is 15.3. The number of carbonyl (C=O) groups excluding carboxylic acids is 1. The van der Waals surface area contributed by atoms with Crippen molar-refractivity contribution in [3.05, 3.63) is 88.2 Å². The van der Waals surface area contributed by atoms with Crippen LogP contribution in [-0.4, -0.2) is 45.6 Å². The van der Waals surface area contributed by atoms with Gasteiger partial charge in [0.2, 0.25) is 10.0 Å². The second-order valence-corrected chi connectivity index (χ2v) is 10.0. The fourth-order valence-corrected chi connectivity index (χ4v) is 4.92. The number of halogens is 2. The van der Waals surface area contributed by atoms with Crippen molar-refractivity contribution in [2.24, 2.45) is 5.10 Å². The Labute approximate surface area is 214 Å². The maximum atomic E-state index is 14.5. The molecule has 11 heteroatoms. The number of aryl methyl sites for hydroxylation is 1. The first kappa shape index (κ1) is 27.1. The van der Waals surface area contributed by atoms with Crippen molar-refractivity contribution in [3.63, 3.8) is 0 Å². The van der Waals surface area contributed by atoms with E-state index in [1.165, 1.54) is 50.8 Å². The van der Waals surface area contributed by atoms with E-state index < -0.39 is 34.8 Å². The van der Waals surface area contributed by atoms with E-state index in [0.29, 0.717) is 17.1 Å². The van der Waals surface area contributed by atoms with Gasteiger partial charge in [-0.1, -0.05) is 41.4 Å². The SMILES string of the molecule is COc1cccc(/C=N\NC(=O)CN(Cc2c(F)cccc2Cl)S(=O)(=O)c2ccc(C)cc2)c1OC. The number of hydrazone groups is 1. The lowest BCUT2D eigenvalue weighted by molar-refractivity contribution is -0.121. The number of sulfonamides is 1. The highest BCUT2D eigenvalue weighted by Gasteiger charge is 2.28. The van der Waals surface area contributed by atoms with E-state index in [-0.39, 0.29) is 15.5 Å². The van der Waals surface area contributed by atoms with Crippen molar-refractivity contribution >= 4 is 33.7 Å². The van der Waals surface area contributed by atoms with Crippen LogP contribution in [0.2, 0.25) is 5.02 Å². The van der Waals surface area contributed by atoms with Crippen molar-refractivity contribution in [2.75, 3.05) is 20.8 Å². The van der Waals surface area contributed by atoms with Gasteiger partial charge in [0.15, 0.2) is 11.5 Å². The first-order valence-electron chi connectivity index (χ1n) is 10.7. The summed E-state index contributed by atoms with van der Waals surface area (Å²) >= 11 is 6.12. The highest BCUT2D eigenvalue weighted by molar-refractivity contribution is 7.89. The molecule has 0 saturated heterocycles. The van der Waals surface area contributed by atoms with Gasteiger partial charge >= 0.3 is 0 Å². The number of benzene rings is 3. The summed E-state index contributed by atoms with van der Waals surface area (Å²) in [5, 5.41) is 3.95. The van der Waals surface area contributed by atoms with E-state index in [4.69, 9.17) is 21.1 Å². The number of ether oxygens (including phenoxy) is 2. The Bertz CT molecular complexity index is 1340. The quantitative estimate of drug-likeness (QED) is 0.312. The van der Waals surface area contributed by atoms with Gasteiger partial charge in [0.25, 0.3) is 5.91 Å². The predicted molar refractivity (Wildman–Crippen MR) is 135 cm³/mol. The minimum Gasteiger partial charge on any atom is -0.493 e. The summed E-state index contributed by atoms with van der Waals surface area (Å²) in [5.74, 6) is -0.535. The molecule has 8 nitrogen and oxygen atoms in total. The maximum Gasteiger partial charge on any atom is 0.255 e. The van der Waals surface area contributed by atoms with Crippen molar-refractivity contribution in [1.82, 2.24) is 9.73 Å². The standard InChI is InChI=1S/C25H25ClFN3O5S/c1-17-10-12-19(13-11-17)36(32,33)30(15-20-21(26)7-5-8-22(20)27)16-24(31)29-28-14-18-6-4-9-23(34-2)25(18)35-3/h4-14H,15-16H2,1-3H3,(H,29,31)/b28-14-. The molecule has 3 rings (SSSR count). The van der Waals surface area contributed by atoms with Crippen molar-refractivity contribution in [1.29, 1.82) is 0 Å². The third-order valence-corrected chi connectivity index (χ3v) is 7.36. The summed E-state index contributed by atoms with van der Waals surface area (Å²) in [7, 11) is -1.22. The zero-order valence-electron chi connectivity index (χ0n) is 19.9. The van der Waals surface area contributed by atoms with Gasteiger partial charge in [0.1, 0.15) is 5.82 Å². The fraction of sp³-hybridized carbons (Fsp3) is 0.200. The van der Waals surface area contributed by atoms with E-state index in [9.17, 15) is 17.6 Å². The number of rotatable bonds is 10. The lowest BCUT2D eigenvalue weighted by atomic mass is 10.2. The number of amides is 1. The number of hydrogen-bond donors (Lipinski definition) is 1. The van der Waals surface area contributed by atoms with Crippen LogP contribution in [0, 0.1) is 12.7 Å². The second kappa shape index (κ2) is 12.0. The lowest BCUT2D eigenvalue weighted by Gasteiger charge is -2.22. The highest BCUT2D eigenvalue weighted by Crippen LogP contribution is 2.29. The van der Waals surface area contributed by atoms with Crippen LogP contribution in [0.5, 0.6) is 11.5 Å². The minimum absolute atomic E-state index is 0.0435. The van der Waals surface area contributed by atoms with Crippen molar-refractivity contribution < 1.29 is 27.1 Å². The molecule has 190 valence electrons. The molecule has 1 amide bonds. The second-order valence-electron chi connectivity index (χ2n) is 7.66. The van der Waals surface area contributed by atoms with Gasteiger partial charge < -0.3 is 9.47 Å². The normalized spacial score (nSPS) is 11.6. The average molecular weight is 534 g/mol. The molecule has 3 aromatic rings. The monoisotopic (exact) mass is 533 g/mol. The molecular formula is C25H25ClFN3O5S.